The second-order valence-electron chi connectivity index (χ2n) is 3.25. The van der Waals surface area contributed by atoms with Crippen molar-refractivity contribution in [3.8, 4) is 0 Å². The van der Waals surface area contributed by atoms with Crippen LogP contribution in [0.2, 0.25) is 4.34 Å². The Balaban J connectivity index is 2.02. The van der Waals surface area contributed by atoms with Gasteiger partial charge in [0, 0.05) is 22.4 Å². The lowest BCUT2D eigenvalue weighted by Gasteiger charge is -2.26. The fourth-order valence-electron chi connectivity index (χ4n) is 1.38. The summed E-state index contributed by atoms with van der Waals surface area (Å²) in [6.45, 7) is 3.36. The minimum atomic E-state index is 0.513. The van der Waals surface area contributed by atoms with Crippen molar-refractivity contribution in [3.05, 3.63) is 21.3 Å². The Kier molecular flexibility index (Phi) is 3.19. The van der Waals surface area contributed by atoms with Gasteiger partial charge in [0.25, 0.3) is 0 Å². The van der Waals surface area contributed by atoms with Gasteiger partial charge in [-0.05, 0) is 12.1 Å². The topological polar surface area (TPSA) is 12.0 Å². The molecule has 2 heterocycles. The van der Waals surface area contributed by atoms with Gasteiger partial charge in [-0.3, -0.25) is 0 Å². The maximum Gasteiger partial charge on any atom is 0.0931 e. The van der Waals surface area contributed by atoms with Crippen LogP contribution in [0.25, 0.3) is 0 Å². The molecule has 1 N–H and O–H groups in total. The van der Waals surface area contributed by atoms with E-state index in [-0.39, 0.29) is 0 Å². The van der Waals surface area contributed by atoms with Gasteiger partial charge in [-0.15, -0.1) is 11.3 Å². The molecule has 1 nitrogen and oxygen atoms in total. The molecule has 0 saturated carbocycles. The first-order chi connectivity index (χ1) is 6.25. The van der Waals surface area contributed by atoms with E-state index in [1.54, 1.807) is 11.3 Å². The maximum absolute atomic E-state index is 5.89. The molecule has 0 radical (unpaired) electrons. The Morgan fingerprint density at radius 2 is 2.38 bits per heavy atom. The number of halogens is 1. The fourth-order valence-corrected chi connectivity index (χ4v) is 3.66. The summed E-state index contributed by atoms with van der Waals surface area (Å²) in [5.41, 5.74) is 0. The Hall–Kier alpha value is 0.300. The zero-order valence-corrected chi connectivity index (χ0v) is 9.81. The first-order valence-corrected chi connectivity index (χ1v) is 6.60. The molecule has 0 amide bonds. The van der Waals surface area contributed by atoms with E-state index in [0.29, 0.717) is 6.04 Å². The molecule has 0 bridgehead atoms. The van der Waals surface area contributed by atoms with Gasteiger partial charge in [-0.1, -0.05) is 18.5 Å². The number of rotatable bonds is 1. The van der Waals surface area contributed by atoms with Crippen molar-refractivity contribution in [1.82, 2.24) is 5.32 Å². The van der Waals surface area contributed by atoms with Crippen molar-refractivity contribution in [1.29, 1.82) is 0 Å². The van der Waals surface area contributed by atoms with Gasteiger partial charge in [0.15, 0.2) is 0 Å². The van der Waals surface area contributed by atoms with Gasteiger partial charge in [0.2, 0.25) is 0 Å². The second-order valence-corrected chi connectivity index (χ2v) is 6.46. The summed E-state index contributed by atoms with van der Waals surface area (Å²) in [5, 5.41) is 4.27. The van der Waals surface area contributed by atoms with Crippen LogP contribution >= 0.6 is 34.7 Å². The lowest BCUT2D eigenvalue weighted by molar-refractivity contribution is 0.571. The molecule has 1 aliphatic rings. The molecule has 72 valence electrons. The molecular formula is C9H12ClNS2. The molecule has 1 saturated heterocycles. The highest BCUT2D eigenvalue weighted by atomic mass is 35.5. The van der Waals surface area contributed by atoms with Gasteiger partial charge in [-0.2, -0.15) is 11.8 Å². The monoisotopic (exact) mass is 233 g/mol. The van der Waals surface area contributed by atoms with Crippen LogP contribution in [-0.2, 0) is 0 Å². The molecule has 13 heavy (non-hydrogen) atoms. The first-order valence-electron chi connectivity index (χ1n) is 4.36. The average molecular weight is 234 g/mol. The number of thioether (sulfide) groups is 1. The van der Waals surface area contributed by atoms with Crippen LogP contribution in [0, 0.1) is 0 Å². The number of hydrogen-bond acceptors (Lipinski definition) is 3. The Bertz CT molecular complexity index is 279. The normalized spacial score (nSPS) is 29.1. The molecule has 0 aliphatic carbocycles. The summed E-state index contributed by atoms with van der Waals surface area (Å²) in [4.78, 5) is 1.37. The summed E-state index contributed by atoms with van der Waals surface area (Å²) in [7, 11) is 0. The third-order valence-corrected chi connectivity index (χ3v) is 4.74. The quantitative estimate of drug-likeness (QED) is 0.800. The van der Waals surface area contributed by atoms with Crippen molar-refractivity contribution in [2.75, 3.05) is 12.3 Å². The molecule has 2 rings (SSSR count). The number of hydrogen-bond donors (Lipinski definition) is 1. The highest BCUT2D eigenvalue weighted by molar-refractivity contribution is 8.00. The fraction of sp³-hybridized carbons (Fsp3) is 0.556. The Labute approximate surface area is 91.9 Å². The number of thiophene rings is 1. The van der Waals surface area contributed by atoms with Crippen LogP contribution in [-0.4, -0.2) is 17.5 Å². The molecule has 1 aliphatic heterocycles. The average Bonchev–Trinajstić information content (AvgIpc) is 2.53. The molecule has 0 spiro atoms. The molecule has 2 unspecified atom stereocenters. The largest absolute Gasteiger partial charge is 0.307 e. The van der Waals surface area contributed by atoms with Crippen molar-refractivity contribution in [2.45, 2.75) is 18.2 Å². The second kappa shape index (κ2) is 4.22. The van der Waals surface area contributed by atoms with Gasteiger partial charge in [0.05, 0.1) is 10.4 Å². The van der Waals surface area contributed by atoms with E-state index in [9.17, 15) is 0 Å². The van der Waals surface area contributed by atoms with Crippen LogP contribution < -0.4 is 5.32 Å². The van der Waals surface area contributed by atoms with Crippen LogP contribution in [0.4, 0.5) is 0 Å². The lowest BCUT2D eigenvalue weighted by Crippen LogP contribution is -2.34. The molecule has 0 aromatic carbocycles. The smallest absolute Gasteiger partial charge is 0.0931 e. The first kappa shape index (κ1) is 9.84. The molecule has 1 aromatic heterocycles. The summed E-state index contributed by atoms with van der Waals surface area (Å²) in [5.74, 6) is 1.16. The SMILES string of the molecule is CC1CNC(c2ccc(Cl)s2)CS1. The summed E-state index contributed by atoms with van der Waals surface area (Å²) in [6, 6.07) is 4.62. The van der Waals surface area contributed by atoms with Crippen LogP contribution in [0.1, 0.15) is 17.8 Å². The minimum Gasteiger partial charge on any atom is -0.307 e. The third kappa shape index (κ3) is 2.40. The zero-order valence-electron chi connectivity index (χ0n) is 7.42. The lowest BCUT2D eigenvalue weighted by atomic mass is 10.2. The van der Waals surface area contributed by atoms with Crippen molar-refractivity contribution in [3.63, 3.8) is 0 Å². The maximum atomic E-state index is 5.89. The van der Waals surface area contributed by atoms with Crippen LogP contribution in [0.3, 0.4) is 0 Å². The summed E-state index contributed by atoms with van der Waals surface area (Å²) < 4.78 is 0.889. The van der Waals surface area contributed by atoms with E-state index in [2.05, 4.69) is 18.3 Å². The highest BCUT2D eigenvalue weighted by Gasteiger charge is 2.20. The molecule has 4 heteroatoms. The highest BCUT2D eigenvalue weighted by Crippen LogP contribution is 2.31. The molecule has 1 fully saturated rings. The Morgan fingerprint density at radius 1 is 1.54 bits per heavy atom. The summed E-state index contributed by atoms with van der Waals surface area (Å²) in [6.07, 6.45) is 0. The predicted molar refractivity (Wildman–Crippen MR) is 62.0 cm³/mol. The van der Waals surface area contributed by atoms with E-state index < -0.39 is 0 Å². The van der Waals surface area contributed by atoms with Crippen molar-refractivity contribution < 1.29 is 0 Å². The molecule has 2 atom stereocenters. The van der Waals surface area contributed by atoms with Crippen LogP contribution in [0.15, 0.2) is 12.1 Å². The predicted octanol–water partition coefficient (Wildman–Crippen LogP) is 3.17. The standard InChI is InChI=1S/C9H12ClNS2/c1-6-4-11-7(5-12-6)8-2-3-9(10)13-8/h2-3,6-7,11H,4-5H2,1H3. The zero-order chi connectivity index (χ0) is 9.26. The van der Waals surface area contributed by atoms with E-state index in [0.717, 1.165) is 21.9 Å². The van der Waals surface area contributed by atoms with Gasteiger partial charge < -0.3 is 5.32 Å². The van der Waals surface area contributed by atoms with E-state index in [1.165, 1.54) is 4.88 Å². The van der Waals surface area contributed by atoms with E-state index in [4.69, 9.17) is 11.6 Å². The minimum absolute atomic E-state index is 0.513. The molecule has 1 aromatic rings. The van der Waals surface area contributed by atoms with Gasteiger partial charge >= 0.3 is 0 Å². The van der Waals surface area contributed by atoms with E-state index in [1.807, 2.05) is 17.8 Å². The van der Waals surface area contributed by atoms with Crippen molar-refractivity contribution in [2.24, 2.45) is 0 Å². The summed E-state index contributed by atoms with van der Waals surface area (Å²) >= 11 is 9.61. The van der Waals surface area contributed by atoms with Crippen molar-refractivity contribution >= 4 is 34.7 Å². The van der Waals surface area contributed by atoms with Gasteiger partial charge in [-0.25, -0.2) is 0 Å². The van der Waals surface area contributed by atoms with Crippen LogP contribution in [0.5, 0.6) is 0 Å². The molecular weight excluding hydrogens is 222 g/mol. The van der Waals surface area contributed by atoms with E-state index >= 15 is 0 Å². The van der Waals surface area contributed by atoms with Gasteiger partial charge in [0.1, 0.15) is 0 Å². The third-order valence-electron chi connectivity index (χ3n) is 2.14. The Morgan fingerprint density at radius 3 is 2.92 bits per heavy atom. The number of nitrogens with one attached hydrogen (secondary N) is 1.